The Morgan fingerprint density at radius 2 is 2.29 bits per heavy atom. The molecule has 1 aliphatic heterocycles. The van der Waals surface area contributed by atoms with E-state index in [4.69, 9.17) is 9.47 Å². The second-order valence-corrected chi connectivity index (χ2v) is 5.48. The first-order chi connectivity index (χ1) is 10.2. The number of hydrogen-bond acceptors (Lipinski definition) is 5. The van der Waals surface area contributed by atoms with Crippen molar-refractivity contribution in [2.45, 2.75) is 6.42 Å². The zero-order valence-electron chi connectivity index (χ0n) is 11.4. The molecule has 2 aromatic rings. The number of nitrogens with zero attached hydrogens (tertiary/aromatic N) is 2. The SMILES string of the molecule is COC(=O)c1cc(Br)c2ncc(C3=CCOCC3)nc2c1. The molecule has 0 amide bonds. The number of methoxy groups -OCH3 is 1. The lowest BCUT2D eigenvalue weighted by molar-refractivity contribution is 0.0601. The van der Waals surface area contributed by atoms with Crippen molar-refractivity contribution >= 4 is 38.5 Å². The van der Waals surface area contributed by atoms with Crippen molar-refractivity contribution in [2.75, 3.05) is 20.3 Å². The van der Waals surface area contributed by atoms with Crippen LogP contribution in [-0.2, 0) is 9.47 Å². The van der Waals surface area contributed by atoms with Crippen molar-refractivity contribution in [3.63, 3.8) is 0 Å². The summed E-state index contributed by atoms with van der Waals surface area (Å²) in [6.07, 6.45) is 4.58. The van der Waals surface area contributed by atoms with Crippen LogP contribution in [0.15, 0.2) is 28.9 Å². The molecule has 0 fully saturated rings. The summed E-state index contributed by atoms with van der Waals surface area (Å²) in [4.78, 5) is 20.7. The van der Waals surface area contributed by atoms with Crippen LogP contribution in [0.1, 0.15) is 22.5 Å². The first-order valence-corrected chi connectivity index (χ1v) is 7.30. The van der Waals surface area contributed by atoms with Crippen molar-refractivity contribution in [1.82, 2.24) is 9.97 Å². The lowest BCUT2D eigenvalue weighted by atomic mass is 10.1. The monoisotopic (exact) mass is 348 g/mol. The van der Waals surface area contributed by atoms with Crippen LogP contribution in [-0.4, -0.2) is 36.3 Å². The quantitative estimate of drug-likeness (QED) is 0.780. The van der Waals surface area contributed by atoms with Crippen LogP contribution < -0.4 is 0 Å². The summed E-state index contributed by atoms with van der Waals surface area (Å²) in [6.45, 7) is 1.29. The van der Waals surface area contributed by atoms with Gasteiger partial charge in [0.05, 0.1) is 43.3 Å². The highest BCUT2D eigenvalue weighted by Gasteiger charge is 2.13. The molecule has 0 atom stereocenters. The molecular formula is C15H13BrN2O3. The van der Waals surface area contributed by atoms with Crippen molar-refractivity contribution in [2.24, 2.45) is 0 Å². The summed E-state index contributed by atoms with van der Waals surface area (Å²) < 4.78 is 10.8. The summed E-state index contributed by atoms with van der Waals surface area (Å²) in [6, 6.07) is 3.39. The standard InChI is InChI=1S/C15H13BrN2O3/c1-20-15(19)10-6-11(16)14-12(7-10)18-13(8-17-14)9-2-4-21-5-3-9/h2,6-8H,3-5H2,1H3. The van der Waals surface area contributed by atoms with Crippen LogP contribution in [0.2, 0.25) is 0 Å². The largest absolute Gasteiger partial charge is 0.465 e. The van der Waals surface area contributed by atoms with Gasteiger partial charge in [-0.1, -0.05) is 6.08 Å². The number of carbonyl (C=O) groups excluding carboxylic acids is 1. The molecule has 21 heavy (non-hydrogen) atoms. The molecule has 0 spiro atoms. The second-order valence-electron chi connectivity index (χ2n) is 4.63. The van der Waals surface area contributed by atoms with Gasteiger partial charge < -0.3 is 9.47 Å². The van der Waals surface area contributed by atoms with Gasteiger partial charge in [0.25, 0.3) is 0 Å². The molecule has 108 valence electrons. The van der Waals surface area contributed by atoms with Gasteiger partial charge in [-0.05, 0) is 40.1 Å². The molecule has 5 nitrogen and oxygen atoms in total. The Morgan fingerprint density at radius 1 is 1.43 bits per heavy atom. The first-order valence-electron chi connectivity index (χ1n) is 6.51. The van der Waals surface area contributed by atoms with Gasteiger partial charge in [-0.3, -0.25) is 4.98 Å². The predicted molar refractivity (Wildman–Crippen MR) is 82.0 cm³/mol. The van der Waals surface area contributed by atoms with Crippen LogP contribution in [0.3, 0.4) is 0 Å². The normalized spacial score (nSPS) is 14.9. The number of rotatable bonds is 2. The van der Waals surface area contributed by atoms with E-state index < -0.39 is 5.97 Å². The lowest BCUT2D eigenvalue weighted by Crippen LogP contribution is -2.06. The molecule has 1 aliphatic rings. The number of benzene rings is 1. The van der Waals surface area contributed by atoms with Gasteiger partial charge in [0.1, 0.15) is 5.52 Å². The van der Waals surface area contributed by atoms with Crippen molar-refractivity contribution in [1.29, 1.82) is 0 Å². The van der Waals surface area contributed by atoms with E-state index in [1.54, 1.807) is 18.3 Å². The van der Waals surface area contributed by atoms with Crippen LogP contribution in [0.25, 0.3) is 16.6 Å². The van der Waals surface area contributed by atoms with Crippen molar-refractivity contribution in [3.05, 3.63) is 40.1 Å². The Bertz CT molecular complexity index is 743. The predicted octanol–water partition coefficient (Wildman–Crippen LogP) is 2.98. The van der Waals surface area contributed by atoms with E-state index >= 15 is 0 Å². The maximum absolute atomic E-state index is 11.7. The average Bonchev–Trinajstić information content (AvgIpc) is 2.54. The topological polar surface area (TPSA) is 61.3 Å². The van der Waals surface area contributed by atoms with Crippen LogP contribution >= 0.6 is 15.9 Å². The molecule has 0 saturated carbocycles. The van der Waals surface area contributed by atoms with Gasteiger partial charge in [0.15, 0.2) is 0 Å². The molecule has 6 heteroatoms. The minimum atomic E-state index is -0.393. The maximum Gasteiger partial charge on any atom is 0.337 e. The van der Waals surface area contributed by atoms with E-state index in [2.05, 4.69) is 25.9 Å². The molecule has 0 aliphatic carbocycles. The molecule has 0 N–H and O–H groups in total. The fourth-order valence-electron chi connectivity index (χ4n) is 2.23. The molecule has 3 rings (SSSR count). The van der Waals surface area contributed by atoms with E-state index in [1.807, 2.05) is 6.08 Å². The third-order valence-electron chi connectivity index (χ3n) is 3.31. The molecule has 0 unspecified atom stereocenters. The highest BCUT2D eigenvalue weighted by Crippen LogP contribution is 2.26. The highest BCUT2D eigenvalue weighted by molar-refractivity contribution is 9.10. The number of carbonyl (C=O) groups is 1. The Morgan fingerprint density at radius 3 is 3.00 bits per heavy atom. The number of halogens is 1. The number of ether oxygens (including phenoxy) is 2. The zero-order valence-corrected chi connectivity index (χ0v) is 13.0. The minimum absolute atomic E-state index is 0.393. The van der Waals surface area contributed by atoms with Gasteiger partial charge in [-0.15, -0.1) is 0 Å². The number of esters is 1. The van der Waals surface area contributed by atoms with E-state index in [9.17, 15) is 4.79 Å². The Balaban J connectivity index is 2.11. The molecule has 0 bridgehead atoms. The summed E-state index contributed by atoms with van der Waals surface area (Å²) in [5.41, 5.74) is 3.77. The average molecular weight is 349 g/mol. The Kier molecular flexibility index (Phi) is 3.98. The second kappa shape index (κ2) is 5.91. The van der Waals surface area contributed by atoms with E-state index in [1.165, 1.54) is 7.11 Å². The highest BCUT2D eigenvalue weighted by atomic mass is 79.9. The summed E-state index contributed by atoms with van der Waals surface area (Å²) in [7, 11) is 1.36. The van der Waals surface area contributed by atoms with Gasteiger partial charge >= 0.3 is 5.97 Å². The summed E-state index contributed by atoms with van der Waals surface area (Å²) >= 11 is 3.42. The van der Waals surface area contributed by atoms with Gasteiger partial charge in [0, 0.05) is 4.47 Å². The molecule has 1 aromatic heterocycles. The maximum atomic E-state index is 11.7. The third kappa shape index (κ3) is 2.82. The van der Waals surface area contributed by atoms with Gasteiger partial charge in [-0.25, -0.2) is 9.78 Å². The van der Waals surface area contributed by atoms with Gasteiger partial charge in [0.2, 0.25) is 0 Å². The smallest absolute Gasteiger partial charge is 0.337 e. The molecule has 0 saturated heterocycles. The van der Waals surface area contributed by atoms with Crippen molar-refractivity contribution < 1.29 is 14.3 Å². The first kappa shape index (κ1) is 14.2. The van der Waals surface area contributed by atoms with E-state index in [0.717, 1.165) is 27.7 Å². The zero-order chi connectivity index (χ0) is 14.8. The van der Waals surface area contributed by atoms with Crippen LogP contribution in [0.4, 0.5) is 0 Å². The number of fused-ring (bicyclic) bond motifs is 1. The summed E-state index contributed by atoms with van der Waals surface area (Å²) in [5, 5.41) is 0. The third-order valence-corrected chi connectivity index (χ3v) is 3.92. The van der Waals surface area contributed by atoms with Crippen LogP contribution in [0, 0.1) is 0 Å². The Hall–Kier alpha value is -1.79. The molecule has 0 radical (unpaired) electrons. The lowest BCUT2D eigenvalue weighted by Gasteiger charge is -2.13. The van der Waals surface area contributed by atoms with E-state index in [-0.39, 0.29) is 0 Å². The number of aromatic nitrogens is 2. The molecular weight excluding hydrogens is 336 g/mol. The van der Waals surface area contributed by atoms with Crippen molar-refractivity contribution in [3.8, 4) is 0 Å². The molecule has 1 aromatic carbocycles. The Labute approximate surface area is 130 Å². The summed E-state index contributed by atoms with van der Waals surface area (Å²) in [5.74, 6) is -0.393. The fourth-order valence-corrected chi connectivity index (χ4v) is 2.78. The van der Waals surface area contributed by atoms with Crippen LogP contribution in [0.5, 0.6) is 0 Å². The minimum Gasteiger partial charge on any atom is -0.465 e. The number of hydrogen-bond donors (Lipinski definition) is 0. The van der Waals surface area contributed by atoms with E-state index in [0.29, 0.717) is 24.3 Å². The fraction of sp³-hybridized carbons (Fsp3) is 0.267. The molecule has 2 heterocycles. The van der Waals surface area contributed by atoms with Gasteiger partial charge in [-0.2, -0.15) is 0 Å².